The summed E-state index contributed by atoms with van der Waals surface area (Å²) in [7, 11) is 2.09. The van der Waals surface area contributed by atoms with Gasteiger partial charge < -0.3 is 10.2 Å². The standard InChI is InChI=1S/C18H16N2O2/c1-20-8-7-12-15(10-20)13(11-5-3-2-4-6-11)9-14-16(12)19-18(22)17(14)21/h2-6,9H,7-8,10H2,1H3,(H,19,21,22). The predicted molar refractivity (Wildman–Crippen MR) is 84.9 cm³/mol. The number of Topliss-reactive ketones (excluding diaryl/α,β-unsaturated/α-hetero) is 1. The first-order valence-corrected chi connectivity index (χ1v) is 7.43. The summed E-state index contributed by atoms with van der Waals surface area (Å²) in [6, 6.07) is 11.9. The largest absolute Gasteiger partial charge is 0.318 e. The van der Waals surface area contributed by atoms with Gasteiger partial charge in [0.15, 0.2) is 0 Å². The van der Waals surface area contributed by atoms with Crippen LogP contribution in [0.15, 0.2) is 36.4 Å². The first-order valence-electron chi connectivity index (χ1n) is 7.43. The smallest absolute Gasteiger partial charge is 0.296 e. The third-order valence-electron chi connectivity index (χ3n) is 4.49. The minimum atomic E-state index is -0.513. The first-order chi connectivity index (χ1) is 10.6. The van der Waals surface area contributed by atoms with Crippen molar-refractivity contribution in [2.45, 2.75) is 13.0 Å². The lowest BCUT2D eigenvalue weighted by molar-refractivity contribution is -0.112. The summed E-state index contributed by atoms with van der Waals surface area (Å²) in [5.41, 5.74) is 5.74. The fourth-order valence-corrected chi connectivity index (χ4v) is 3.38. The monoisotopic (exact) mass is 292 g/mol. The van der Waals surface area contributed by atoms with Crippen LogP contribution in [0.5, 0.6) is 0 Å². The van der Waals surface area contributed by atoms with Crippen molar-refractivity contribution in [1.82, 2.24) is 4.90 Å². The average molecular weight is 292 g/mol. The van der Waals surface area contributed by atoms with Crippen LogP contribution in [0, 0.1) is 0 Å². The molecule has 22 heavy (non-hydrogen) atoms. The molecule has 1 N–H and O–H groups in total. The minimum absolute atomic E-state index is 0.422. The number of hydrogen-bond donors (Lipinski definition) is 1. The molecule has 4 heteroatoms. The number of hydrogen-bond acceptors (Lipinski definition) is 3. The van der Waals surface area contributed by atoms with Crippen molar-refractivity contribution in [3.05, 3.63) is 53.1 Å². The predicted octanol–water partition coefficient (Wildman–Crippen LogP) is 2.48. The Kier molecular flexibility index (Phi) is 2.87. The molecular weight excluding hydrogens is 276 g/mol. The molecule has 0 saturated carbocycles. The van der Waals surface area contributed by atoms with Gasteiger partial charge in [0.05, 0.1) is 11.3 Å². The second kappa shape index (κ2) is 4.78. The fraction of sp³-hybridized carbons (Fsp3) is 0.222. The molecule has 2 aliphatic heterocycles. The highest BCUT2D eigenvalue weighted by Crippen LogP contribution is 2.39. The maximum absolute atomic E-state index is 12.1. The van der Waals surface area contributed by atoms with E-state index in [1.165, 1.54) is 5.56 Å². The van der Waals surface area contributed by atoms with Gasteiger partial charge in [-0.2, -0.15) is 0 Å². The van der Waals surface area contributed by atoms with Crippen molar-refractivity contribution in [1.29, 1.82) is 0 Å². The Morgan fingerprint density at radius 1 is 1.05 bits per heavy atom. The Morgan fingerprint density at radius 3 is 2.59 bits per heavy atom. The maximum atomic E-state index is 12.1. The number of carbonyl (C=O) groups is 2. The van der Waals surface area contributed by atoms with Crippen LogP contribution in [0.2, 0.25) is 0 Å². The molecule has 110 valence electrons. The quantitative estimate of drug-likeness (QED) is 0.822. The molecule has 0 atom stereocenters. The highest BCUT2D eigenvalue weighted by atomic mass is 16.2. The molecule has 2 aromatic rings. The Bertz CT molecular complexity index is 796. The summed E-state index contributed by atoms with van der Waals surface area (Å²) in [5.74, 6) is -0.935. The lowest BCUT2D eigenvalue weighted by Crippen LogP contribution is -2.27. The molecule has 0 aromatic heterocycles. The van der Waals surface area contributed by atoms with Gasteiger partial charge >= 0.3 is 0 Å². The summed E-state index contributed by atoms with van der Waals surface area (Å²) in [4.78, 5) is 26.1. The molecule has 4 nitrogen and oxygen atoms in total. The van der Waals surface area contributed by atoms with Gasteiger partial charge in [-0.15, -0.1) is 0 Å². The van der Waals surface area contributed by atoms with Crippen molar-refractivity contribution in [3.8, 4) is 11.1 Å². The number of anilines is 1. The van der Waals surface area contributed by atoms with Crippen LogP contribution < -0.4 is 5.32 Å². The van der Waals surface area contributed by atoms with E-state index in [4.69, 9.17) is 0 Å². The van der Waals surface area contributed by atoms with E-state index in [1.54, 1.807) is 0 Å². The van der Waals surface area contributed by atoms with Crippen molar-refractivity contribution >= 4 is 17.4 Å². The van der Waals surface area contributed by atoms with Gasteiger partial charge in [0.25, 0.3) is 11.7 Å². The zero-order valence-electron chi connectivity index (χ0n) is 12.3. The SMILES string of the molecule is CN1CCc2c(c(-c3ccccc3)cc3c2NC(=O)C3=O)C1. The van der Waals surface area contributed by atoms with Gasteiger partial charge in [-0.25, -0.2) is 0 Å². The zero-order chi connectivity index (χ0) is 15.3. The number of rotatable bonds is 1. The van der Waals surface area contributed by atoms with E-state index in [2.05, 4.69) is 17.3 Å². The van der Waals surface area contributed by atoms with Crippen LogP contribution in [0.3, 0.4) is 0 Å². The minimum Gasteiger partial charge on any atom is -0.318 e. The maximum Gasteiger partial charge on any atom is 0.296 e. The van der Waals surface area contributed by atoms with E-state index in [1.807, 2.05) is 36.4 Å². The molecule has 0 aliphatic carbocycles. The second-order valence-corrected chi connectivity index (χ2v) is 5.94. The van der Waals surface area contributed by atoms with Crippen LogP contribution >= 0.6 is 0 Å². The van der Waals surface area contributed by atoms with Gasteiger partial charge in [-0.1, -0.05) is 30.3 Å². The second-order valence-electron chi connectivity index (χ2n) is 5.94. The van der Waals surface area contributed by atoms with Crippen molar-refractivity contribution in [3.63, 3.8) is 0 Å². The zero-order valence-corrected chi connectivity index (χ0v) is 12.3. The normalized spacial score (nSPS) is 17.1. The van der Waals surface area contributed by atoms with Crippen LogP contribution in [0.25, 0.3) is 11.1 Å². The fourth-order valence-electron chi connectivity index (χ4n) is 3.38. The number of nitrogens with zero attached hydrogens (tertiary/aromatic N) is 1. The number of benzene rings is 2. The van der Waals surface area contributed by atoms with Crippen LogP contribution in [0.1, 0.15) is 21.5 Å². The van der Waals surface area contributed by atoms with E-state index in [9.17, 15) is 9.59 Å². The molecule has 0 saturated heterocycles. The number of carbonyl (C=O) groups excluding carboxylic acids is 2. The number of amides is 1. The van der Waals surface area contributed by atoms with Crippen LogP contribution in [-0.2, 0) is 17.8 Å². The highest BCUT2D eigenvalue weighted by Gasteiger charge is 2.34. The van der Waals surface area contributed by atoms with E-state index in [-0.39, 0.29) is 0 Å². The number of fused-ring (bicyclic) bond motifs is 3. The van der Waals surface area contributed by atoms with E-state index in [0.717, 1.165) is 41.9 Å². The third kappa shape index (κ3) is 1.88. The summed E-state index contributed by atoms with van der Waals surface area (Å²) in [6.45, 7) is 1.76. The van der Waals surface area contributed by atoms with Crippen molar-refractivity contribution in [2.24, 2.45) is 0 Å². The van der Waals surface area contributed by atoms with Crippen molar-refractivity contribution < 1.29 is 9.59 Å². The van der Waals surface area contributed by atoms with E-state index in [0.29, 0.717) is 5.56 Å². The molecule has 2 heterocycles. The van der Waals surface area contributed by atoms with E-state index >= 15 is 0 Å². The van der Waals surface area contributed by atoms with Gasteiger partial charge in [0.2, 0.25) is 0 Å². The van der Waals surface area contributed by atoms with Crippen LogP contribution in [0.4, 0.5) is 5.69 Å². The average Bonchev–Trinajstić information content (AvgIpc) is 2.82. The molecule has 0 spiro atoms. The molecular formula is C18H16N2O2. The Labute approximate surface area is 128 Å². The Morgan fingerprint density at radius 2 is 1.82 bits per heavy atom. The molecule has 2 aromatic carbocycles. The molecule has 1 amide bonds. The summed E-state index contributed by atoms with van der Waals surface area (Å²) in [5, 5.41) is 2.76. The number of ketones is 1. The van der Waals surface area contributed by atoms with Gasteiger partial charge in [0.1, 0.15) is 0 Å². The Hall–Kier alpha value is -2.46. The van der Waals surface area contributed by atoms with Gasteiger partial charge in [-0.3, -0.25) is 9.59 Å². The molecule has 0 fully saturated rings. The number of nitrogens with one attached hydrogen (secondary N) is 1. The molecule has 0 unspecified atom stereocenters. The van der Waals surface area contributed by atoms with Gasteiger partial charge in [-0.05, 0) is 41.8 Å². The summed E-state index contributed by atoms with van der Waals surface area (Å²) in [6.07, 6.45) is 0.850. The lowest BCUT2D eigenvalue weighted by atomic mass is 9.87. The third-order valence-corrected chi connectivity index (χ3v) is 4.49. The first kappa shape index (κ1) is 13.2. The summed E-state index contributed by atoms with van der Waals surface area (Å²) >= 11 is 0. The van der Waals surface area contributed by atoms with E-state index < -0.39 is 11.7 Å². The van der Waals surface area contributed by atoms with Crippen LogP contribution in [-0.4, -0.2) is 30.2 Å². The molecule has 0 radical (unpaired) electrons. The highest BCUT2D eigenvalue weighted by molar-refractivity contribution is 6.52. The molecule has 0 bridgehead atoms. The molecule has 2 aliphatic rings. The topological polar surface area (TPSA) is 49.4 Å². The summed E-state index contributed by atoms with van der Waals surface area (Å²) < 4.78 is 0. The van der Waals surface area contributed by atoms with Crippen molar-refractivity contribution in [2.75, 3.05) is 18.9 Å². The lowest BCUT2D eigenvalue weighted by Gasteiger charge is -2.29. The van der Waals surface area contributed by atoms with Gasteiger partial charge in [0, 0.05) is 13.1 Å². The molecule has 4 rings (SSSR count). The number of likely N-dealkylation sites (N-methyl/N-ethyl adjacent to an activating group) is 1. The Balaban J connectivity index is 2.00.